The largest absolute Gasteiger partial charge is 0.489 e. The molecule has 0 bridgehead atoms. The Bertz CT molecular complexity index is 565. The van der Waals surface area contributed by atoms with E-state index in [0.29, 0.717) is 18.9 Å². The molecule has 0 spiro atoms. The molecule has 0 aliphatic carbocycles. The maximum atomic E-state index is 12.6. The number of aliphatic hydroxyl groups is 1. The number of carbonyl (C=O) groups excluding carboxylic acids is 1. The number of halogens is 1. The van der Waals surface area contributed by atoms with Gasteiger partial charge >= 0.3 is 0 Å². The molecule has 0 saturated carbocycles. The fraction of sp³-hybridized carbons (Fsp3) is 0.611. The molecule has 1 aliphatic heterocycles. The zero-order chi connectivity index (χ0) is 17.7. The molecule has 6 heteroatoms. The predicted molar refractivity (Wildman–Crippen MR) is 96.0 cm³/mol. The second-order valence-corrected chi connectivity index (χ2v) is 7.79. The Morgan fingerprint density at radius 3 is 2.88 bits per heavy atom. The molecule has 0 radical (unpaired) electrons. The maximum Gasteiger partial charge on any atom is 0.228 e. The van der Waals surface area contributed by atoms with Crippen LogP contribution >= 0.6 is 15.9 Å². The van der Waals surface area contributed by atoms with Crippen LogP contribution in [0.2, 0.25) is 0 Å². The van der Waals surface area contributed by atoms with Crippen molar-refractivity contribution in [2.24, 2.45) is 5.92 Å². The van der Waals surface area contributed by atoms with Gasteiger partial charge in [-0.15, -0.1) is 0 Å². The number of amides is 1. The molecule has 134 valence electrons. The molecule has 1 aromatic carbocycles. The van der Waals surface area contributed by atoms with Crippen LogP contribution in [0.3, 0.4) is 0 Å². The highest BCUT2D eigenvalue weighted by Gasteiger charge is 2.25. The summed E-state index contributed by atoms with van der Waals surface area (Å²) in [5, 5.41) is 9.88. The first-order valence-electron chi connectivity index (χ1n) is 8.23. The van der Waals surface area contributed by atoms with Gasteiger partial charge in [-0.05, 0) is 48.7 Å². The van der Waals surface area contributed by atoms with Crippen LogP contribution in [-0.4, -0.2) is 48.4 Å². The number of hydrogen-bond acceptors (Lipinski definition) is 4. The minimum atomic E-state index is -0.923. The Hall–Kier alpha value is -1.11. The van der Waals surface area contributed by atoms with Crippen LogP contribution in [0.4, 0.5) is 0 Å². The van der Waals surface area contributed by atoms with Crippen molar-refractivity contribution in [2.45, 2.75) is 38.8 Å². The molecular formula is C18H26BrNO4. The fourth-order valence-electron chi connectivity index (χ4n) is 2.67. The normalized spacial score (nSPS) is 18.3. The van der Waals surface area contributed by atoms with Crippen molar-refractivity contribution in [1.29, 1.82) is 0 Å². The SMILES string of the molecule is CN(Cc1cccc(Br)c1OCC(C)(C)O)C(=O)[C@@H]1CCCOC1. The van der Waals surface area contributed by atoms with Gasteiger partial charge in [0.15, 0.2) is 0 Å². The lowest BCUT2D eigenvalue weighted by Crippen LogP contribution is -2.36. The molecule has 1 atom stereocenters. The van der Waals surface area contributed by atoms with Gasteiger partial charge in [0.2, 0.25) is 5.91 Å². The van der Waals surface area contributed by atoms with Gasteiger partial charge in [0.1, 0.15) is 12.4 Å². The van der Waals surface area contributed by atoms with Gasteiger partial charge in [0.25, 0.3) is 0 Å². The summed E-state index contributed by atoms with van der Waals surface area (Å²) >= 11 is 3.49. The van der Waals surface area contributed by atoms with Gasteiger partial charge in [-0.3, -0.25) is 4.79 Å². The van der Waals surface area contributed by atoms with Crippen molar-refractivity contribution >= 4 is 21.8 Å². The van der Waals surface area contributed by atoms with Crippen LogP contribution in [0.25, 0.3) is 0 Å². The zero-order valence-corrected chi connectivity index (χ0v) is 16.1. The summed E-state index contributed by atoms with van der Waals surface area (Å²) in [4.78, 5) is 14.3. The lowest BCUT2D eigenvalue weighted by molar-refractivity contribution is -0.138. The monoisotopic (exact) mass is 399 g/mol. The Morgan fingerprint density at radius 1 is 1.50 bits per heavy atom. The number of carbonyl (C=O) groups is 1. The second kappa shape index (κ2) is 8.32. The quantitative estimate of drug-likeness (QED) is 0.798. The standard InChI is InChI=1S/C18H26BrNO4/c1-18(2,22)12-24-16-13(6-4-8-15(16)19)10-20(3)17(21)14-7-5-9-23-11-14/h4,6,8,14,22H,5,7,9-12H2,1-3H3/t14-/m1/s1. The van der Waals surface area contributed by atoms with E-state index >= 15 is 0 Å². The Balaban J connectivity index is 2.07. The molecule has 1 aromatic rings. The van der Waals surface area contributed by atoms with Gasteiger partial charge in [-0.25, -0.2) is 0 Å². The lowest BCUT2D eigenvalue weighted by Gasteiger charge is -2.27. The van der Waals surface area contributed by atoms with Gasteiger partial charge < -0.3 is 19.5 Å². The Morgan fingerprint density at radius 2 is 2.25 bits per heavy atom. The number of hydrogen-bond donors (Lipinski definition) is 1. The highest BCUT2D eigenvalue weighted by atomic mass is 79.9. The summed E-state index contributed by atoms with van der Waals surface area (Å²) in [5.74, 6) is 0.707. The summed E-state index contributed by atoms with van der Waals surface area (Å²) in [6.45, 7) is 5.27. The van der Waals surface area contributed by atoms with Crippen LogP contribution < -0.4 is 4.74 Å². The second-order valence-electron chi connectivity index (χ2n) is 6.94. The summed E-state index contributed by atoms with van der Waals surface area (Å²) in [6, 6.07) is 5.74. The summed E-state index contributed by atoms with van der Waals surface area (Å²) in [7, 11) is 1.80. The molecule has 0 unspecified atom stereocenters. The van der Waals surface area contributed by atoms with Crippen molar-refractivity contribution in [3.8, 4) is 5.75 Å². The third-order valence-electron chi connectivity index (χ3n) is 3.91. The van der Waals surface area contributed by atoms with E-state index in [9.17, 15) is 9.90 Å². The first kappa shape index (κ1) is 19.2. The van der Waals surface area contributed by atoms with Crippen LogP contribution in [0, 0.1) is 5.92 Å². The molecule has 1 amide bonds. The smallest absolute Gasteiger partial charge is 0.228 e. The number of ether oxygens (including phenoxy) is 2. The van der Waals surface area contributed by atoms with Crippen molar-refractivity contribution in [2.75, 3.05) is 26.9 Å². The van der Waals surface area contributed by atoms with E-state index in [4.69, 9.17) is 9.47 Å². The van der Waals surface area contributed by atoms with Gasteiger partial charge in [0.05, 0.1) is 22.6 Å². The lowest BCUT2D eigenvalue weighted by atomic mass is 10.0. The number of nitrogens with zero attached hydrogens (tertiary/aromatic N) is 1. The molecule has 0 aromatic heterocycles. The first-order valence-corrected chi connectivity index (χ1v) is 9.02. The number of para-hydroxylation sites is 1. The van der Waals surface area contributed by atoms with E-state index in [1.807, 2.05) is 18.2 Å². The highest BCUT2D eigenvalue weighted by molar-refractivity contribution is 9.10. The van der Waals surface area contributed by atoms with Crippen molar-refractivity contribution < 1.29 is 19.4 Å². The van der Waals surface area contributed by atoms with Crippen LogP contribution in [0.15, 0.2) is 22.7 Å². The topological polar surface area (TPSA) is 59.0 Å². The maximum absolute atomic E-state index is 12.6. The summed E-state index contributed by atoms with van der Waals surface area (Å²) in [5.41, 5.74) is -0.0190. The minimum absolute atomic E-state index is 0.0587. The van der Waals surface area contributed by atoms with Gasteiger partial charge in [-0.2, -0.15) is 0 Å². The number of rotatable bonds is 6. The number of benzene rings is 1. The highest BCUT2D eigenvalue weighted by Crippen LogP contribution is 2.31. The first-order chi connectivity index (χ1) is 11.3. The minimum Gasteiger partial charge on any atom is -0.489 e. The molecule has 2 rings (SSSR count). The van der Waals surface area contributed by atoms with E-state index < -0.39 is 5.60 Å². The molecule has 1 fully saturated rings. The van der Waals surface area contributed by atoms with Crippen molar-refractivity contribution in [3.63, 3.8) is 0 Å². The van der Waals surface area contributed by atoms with E-state index in [-0.39, 0.29) is 18.4 Å². The molecule has 1 N–H and O–H groups in total. The molecule has 1 aliphatic rings. The van der Waals surface area contributed by atoms with Gasteiger partial charge in [0, 0.05) is 25.8 Å². The third-order valence-corrected chi connectivity index (χ3v) is 4.54. The molecule has 1 heterocycles. The molecular weight excluding hydrogens is 374 g/mol. The van der Waals surface area contributed by atoms with Crippen LogP contribution in [-0.2, 0) is 16.1 Å². The van der Waals surface area contributed by atoms with E-state index in [2.05, 4.69) is 15.9 Å². The Kier molecular flexibility index (Phi) is 6.66. The fourth-order valence-corrected chi connectivity index (χ4v) is 3.19. The molecule has 24 heavy (non-hydrogen) atoms. The van der Waals surface area contributed by atoms with Gasteiger partial charge in [-0.1, -0.05) is 12.1 Å². The van der Waals surface area contributed by atoms with Crippen LogP contribution in [0.5, 0.6) is 5.75 Å². The van der Waals surface area contributed by atoms with E-state index in [1.165, 1.54) is 0 Å². The van der Waals surface area contributed by atoms with Crippen molar-refractivity contribution in [3.05, 3.63) is 28.2 Å². The summed E-state index contributed by atoms with van der Waals surface area (Å²) in [6.07, 6.45) is 1.81. The Labute approximate surface area is 152 Å². The van der Waals surface area contributed by atoms with Crippen LogP contribution in [0.1, 0.15) is 32.3 Å². The molecule has 1 saturated heterocycles. The van der Waals surface area contributed by atoms with E-state index in [0.717, 1.165) is 29.5 Å². The summed E-state index contributed by atoms with van der Waals surface area (Å²) < 4.78 is 12.0. The van der Waals surface area contributed by atoms with E-state index in [1.54, 1.807) is 25.8 Å². The predicted octanol–water partition coefficient (Wildman–Crippen LogP) is 2.98. The van der Waals surface area contributed by atoms with Crippen molar-refractivity contribution in [1.82, 2.24) is 4.90 Å². The third kappa shape index (κ3) is 5.46. The average Bonchev–Trinajstić information content (AvgIpc) is 2.53. The average molecular weight is 400 g/mol. The zero-order valence-electron chi connectivity index (χ0n) is 14.5. The molecule has 5 nitrogen and oxygen atoms in total.